The maximum atomic E-state index is 13.2. The minimum atomic E-state index is -0.114. The molecule has 0 atom stereocenters. The molecule has 0 radical (unpaired) electrons. The molecule has 0 unspecified atom stereocenters. The minimum absolute atomic E-state index is 0.114. The Morgan fingerprint density at radius 3 is 2.70 bits per heavy atom. The van der Waals surface area contributed by atoms with Gasteiger partial charge in [-0.15, -0.1) is 0 Å². The van der Waals surface area contributed by atoms with E-state index in [0.717, 1.165) is 38.0 Å². The Labute approximate surface area is 122 Å². The molecule has 3 heteroatoms. The van der Waals surface area contributed by atoms with Crippen molar-refractivity contribution in [2.45, 2.75) is 45.1 Å². The van der Waals surface area contributed by atoms with Crippen LogP contribution in [-0.4, -0.2) is 37.1 Å². The number of likely N-dealkylation sites (N-methyl/N-ethyl adjacent to an activating group) is 1. The quantitative estimate of drug-likeness (QED) is 0.784. The summed E-state index contributed by atoms with van der Waals surface area (Å²) in [5.74, 6) is 0.429. The summed E-state index contributed by atoms with van der Waals surface area (Å²) >= 11 is 0. The van der Waals surface area contributed by atoms with Gasteiger partial charge in [0.25, 0.3) is 0 Å². The predicted molar refractivity (Wildman–Crippen MR) is 82.6 cm³/mol. The molecule has 1 aromatic carbocycles. The highest BCUT2D eigenvalue weighted by Crippen LogP contribution is 2.36. The standard InChI is InChI=1S/C17H27FN2/c1-3-9-20(4-2)10-8-19-17-12-15(13-17)14-6-5-7-16(18)11-14/h5-7,11,15,17,19H,3-4,8-10,12-13H2,1-2H3. The lowest BCUT2D eigenvalue weighted by Gasteiger charge is -2.37. The molecule has 0 spiro atoms. The number of halogens is 1. The van der Waals surface area contributed by atoms with Crippen molar-refractivity contribution in [3.8, 4) is 0 Å². The average molecular weight is 278 g/mol. The van der Waals surface area contributed by atoms with E-state index in [9.17, 15) is 4.39 Å². The Kier molecular flexibility index (Phi) is 5.99. The third-order valence-corrected chi connectivity index (χ3v) is 4.31. The van der Waals surface area contributed by atoms with Crippen LogP contribution in [0.3, 0.4) is 0 Å². The van der Waals surface area contributed by atoms with E-state index in [2.05, 4.69) is 24.1 Å². The third-order valence-electron chi connectivity index (χ3n) is 4.31. The minimum Gasteiger partial charge on any atom is -0.313 e. The Balaban J connectivity index is 1.64. The van der Waals surface area contributed by atoms with Gasteiger partial charge >= 0.3 is 0 Å². The summed E-state index contributed by atoms with van der Waals surface area (Å²) in [6.07, 6.45) is 3.51. The van der Waals surface area contributed by atoms with E-state index in [0.29, 0.717) is 12.0 Å². The van der Waals surface area contributed by atoms with Crippen molar-refractivity contribution in [1.29, 1.82) is 0 Å². The molecule has 2 nitrogen and oxygen atoms in total. The van der Waals surface area contributed by atoms with E-state index < -0.39 is 0 Å². The van der Waals surface area contributed by atoms with Gasteiger partial charge in [-0.25, -0.2) is 4.39 Å². The summed E-state index contributed by atoms with van der Waals surface area (Å²) in [5, 5.41) is 3.62. The highest BCUT2D eigenvalue weighted by molar-refractivity contribution is 5.23. The fourth-order valence-corrected chi connectivity index (χ4v) is 2.99. The number of nitrogens with zero attached hydrogens (tertiary/aromatic N) is 1. The van der Waals surface area contributed by atoms with Crippen LogP contribution >= 0.6 is 0 Å². The van der Waals surface area contributed by atoms with E-state index in [1.807, 2.05) is 12.1 Å². The van der Waals surface area contributed by atoms with Crippen LogP contribution in [0.5, 0.6) is 0 Å². The van der Waals surface area contributed by atoms with Crippen molar-refractivity contribution in [3.05, 3.63) is 35.6 Å². The van der Waals surface area contributed by atoms with Gasteiger partial charge in [0.15, 0.2) is 0 Å². The molecule has 0 amide bonds. The van der Waals surface area contributed by atoms with Gasteiger partial charge in [-0.2, -0.15) is 0 Å². The fourth-order valence-electron chi connectivity index (χ4n) is 2.99. The van der Waals surface area contributed by atoms with Crippen LogP contribution in [0.4, 0.5) is 4.39 Å². The summed E-state index contributed by atoms with van der Waals surface area (Å²) in [6, 6.07) is 7.68. The molecule has 1 fully saturated rings. The first-order chi connectivity index (χ1) is 9.72. The van der Waals surface area contributed by atoms with Gasteiger partial charge in [0.2, 0.25) is 0 Å². The lowest BCUT2D eigenvalue weighted by molar-refractivity contribution is 0.249. The molecule has 20 heavy (non-hydrogen) atoms. The van der Waals surface area contributed by atoms with Gasteiger partial charge in [0.1, 0.15) is 5.82 Å². The lowest BCUT2D eigenvalue weighted by Crippen LogP contribution is -2.43. The Hall–Kier alpha value is -0.930. The molecular weight excluding hydrogens is 251 g/mol. The van der Waals surface area contributed by atoms with Gasteiger partial charge in [-0.3, -0.25) is 0 Å². The number of hydrogen-bond acceptors (Lipinski definition) is 2. The SMILES string of the molecule is CCCN(CC)CCNC1CC(c2cccc(F)c2)C1. The zero-order chi connectivity index (χ0) is 14.4. The monoisotopic (exact) mass is 278 g/mol. The molecule has 0 saturated heterocycles. The highest BCUT2D eigenvalue weighted by Gasteiger charge is 2.29. The molecule has 1 aliphatic carbocycles. The molecule has 1 saturated carbocycles. The van der Waals surface area contributed by atoms with Crippen molar-refractivity contribution >= 4 is 0 Å². The molecule has 0 aromatic heterocycles. The lowest BCUT2D eigenvalue weighted by atomic mass is 9.76. The van der Waals surface area contributed by atoms with Crippen LogP contribution < -0.4 is 5.32 Å². The second-order valence-corrected chi connectivity index (χ2v) is 5.81. The largest absolute Gasteiger partial charge is 0.313 e. The van der Waals surface area contributed by atoms with Crippen molar-refractivity contribution in [3.63, 3.8) is 0 Å². The van der Waals surface area contributed by atoms with Gasteiger partial charge in [0, 0.05) is 19.1 Å². The van der Waals surface area contributed by atoms with Crippen LogP contribution in [0.15, 0.2) is 24.3 Å². The van der Waals surface area contributed by atoms with Crippen molar-refractivity contribution in [2.75, 3.05) is 26.2 Å². The normalized spacial score (nSPS) is 22.0. The number of benzene rings is 1. The summed E-state index contributed by atoms with van der Waals surface area (Å²) in [6.45, 7) is 8.96. The summed E-state index contributed by atoms with van der Waals surface area (Å²) in [7, 11) is 0. The van der Waals surface area contributed by atoms with E-state index in [-0.39, 0.29) is 5.82 Å². The molecular formula is C17H27FN2. The van der Waals surface area contributed by atoms with Crippen LogP contribution in [0.1, 0.15) is 44.6 Å². The smallest absolute Gasteiger partial charge is 0.123 e. The van der Waals surface area contributed by atoms with Crippen LogP contribution in [0.25, 0.3) is 0 Å². The average Bonchev–Trinajstić information content (AvgIpc) is 2.40. The van der Waals surface area contributed by atoms with E-state index in [1.165, 1.54) is 19.0 Å². The van der Waals surface area contributed by atoms with Gasteiger partial charge in [-0.1, -0.05) is 26.0 Å². The van der Waals surface area contributed by atoms with Gasteiger partial charge in [0.05, 0.1) is 0 Å². The maximum absolute atomic E-state index is 13.2. The van der Waals surface area contributed by atoms with E-state index >= 15 is 0 Å². The highest BCUT2D eigenvalue weighted by atomic mass is 19.1. The molecule has 1 N–H and O–H groups in total. The Morgan fingerprint density at radius 1 is 1.25 bits per heavy atom. The second-order valence-electron chi connectivity index (χ2n) is 5.81. The molecule has 0 bridgehead atoms. The second kappa shape index (κ2) is 7.75. The predicted octanol–water partition coefficient (Wildman–Crippen LogP) is 3.39. The first-order valence-corrected chi connectivity index (χ1v) is 7.94. The van der Waals surface area contributed by atoms with Crippen molar-refractivity contribution in [2.24, 2.45) is 0 Å². The van der Waals surface area contributed by atoms with Crippen LogP contribution in [0.2, 0.25) is 0 Å². The summed E-state index contributed by atoms with van der Waals surface area (Å²) in [5.41, 5.74) is 1.16. The number of rotatable bonds is 8. The van der Waals surface area contributed by atoms with Gasteiger partial charge in [-0.05, 0) is 56.0 Å². The van der Waals surface area contributed by atoms with Crippen molar-refractivity contribution < 1.29 is 4.39 Å². The fraction of sp³-hybridized carbons (Fsp3) is 0.647. The third kappa shape index (κ3) is 4.29. The first kappa shape index (κ1) is 15.5. The zero-order valence-electron chi connectivity index (χ0n) is 12.7. The van der Waals surface area contributed by atoms with Crippen LogP contribution in [-0.2, 0) is 0 Å². The van der Waals surface area contributed by atoms with Crippen LogP contribution in [0, 0.1) is 5.82 Å². The van der Waals surface area contributed by atoms with E-state index in [1.54, 1.807) is 6.07 Å². The maximum Gasteiger partial charge on any atom is 0.123 e. The zero-order valence-corrected chi connectivity index (χ0v) is 12.7. The topological polar surface area (TPSA) is 15.3 Å². The molecule has 1 aliphatic rings. The Bertz CT molecular complexity index is 402. The molecule has 0 heterocycles. The summed E-state index contributed by atoms with van der Waals surface area (Å²) < 4.78 is 13.2. The molecule has 2 rings (SSSR count). The number of hydrogen-bond donors (Lipinski definition) is 1. The summed E-state index contributed by atoms with van der Waals surface area (Å²) in [4.78, 5) is 2.48. The molecule has 0 aliphatic heterocycles. The molecule has 112 valence electrons. The Morgan fingerprint density at radius 2 is 2.05 bits per heavy atom. The van der Waals surface area contributed by atoms with Gasteiger partial charge < -0.3 is 10.2 Å². The first-order valence-electron chi connectivity index (χ1n) is 7.94. The van der Waals surface area contributed by atoms with Crippen molar-refractivity contribution in [1.82, 2.24) is 10.2 Å². The molecule has 1 aromatic rings. The van der Waals surface area contributed by atoms with E-state index in [4.69, 9.17) is 0 Å². The number of nitrogens with one attached hydrogen (secondary N) is 1.